The number of nitrogens with two attached hydrogens (primary N) is 1. The van der Waals surface area contributed by atoms with Gasteiger partial charge in [0.05, 0.1) is 13.0 Å². The highest BCUT2D eigenvalue weighted by Crippen LogP contribution is 2.13. The van der Waals surface area contributed by atoms with Gasteiger partial charge in [-0.25, -0.2) is 0 Å². The molecule has 3 N–H and O–H groups in total. The first-order valence-corrected chi connectivity index (χ1v) is 6.89. The summed E-state index contributed by atoms with van der Waals surface area (Å²) in [5.41, 5.74) is 7.12. The molecular weight excluding hydrogens is 240 g/mol. The van der Waals surface area contributed by atoms with Crippen molar-refractivity contribution in [2.24, 2.45) is 5.73 Å². The van der Waals surface area contributed by atoms with Crippen molar-refractivity contribution in [1.82, 2.24) is 5.32 Å². The van der Waals surface area contributed by atoms with Crippen LogP contribution in [0.4, 0.5) is 0 Å². The molecule has 0 heterocycles. The number of carbonyl (C=O) groups is 1. The third-order valence-electron chi connectivity index (χ3n) is 2.92. The third kappa shape index (κ3) is 6.25. The van der Waals surface area contributed by atoms with Gasteiger partial charge in [0.25, 0.3) is 0 Å². The maximum Gasteiger partial charge on any atom is 0.223 e. The quantitative estimate of drug-likeness (QED) is 0.753. The van der Waals surface area contributed by atoms with Crippen molar-refractivity contribution in [1.29, 1.82) is 0 Å². The van der Waals surface area contributed by atoms with Gasteiger partial charge in [-0.2, -0.15) is 0 Å². The molecule has 4 nitrogen and oxygen atoms in total. The normalized spacial score (nSPS) is 11.9. The van der Waals surface area contributed by atoms with E-state index in [1.807, 2.05) is 31.2 Å². The molecule has 0 fully saturated rings. The van der Waals surface area contributed by atoms with Crippen molar-refractivity contribution in [2.75, 3.05) is 13.2 Å². The Balaban J connectivity index is 2.34. The van der Waals surface area contributed by atoms with E-state index in [1.54, 1.807) is 0 Å². The van der Waals surface area contributed by atoms with Crippen LogP contribution in [0.25, 0.3) is 0 Å². The number of amides is 1. The molecule has 1 unspecified atom stereocenters. The molecule has 0 aliphatic carbocycles. The molecule has 1 amide bonds. The smallest absolute Gasteiger partial charge is 0.223 e. The van der Waals surface area contributed by atoms with Gasteiger partial charge < -0.3 is 15.8 Å². The second-order valence-electron chi connectivity index (χ2n) is 4.57. The lowest BCUT2D eigenvalue weighted by atomic mass is 10.0. The van der Waals surface area contributed by atoms with Gasteiger partial charge >= 0.3 is 0 Å². The van der Waals surface area contributed by atoms with Crippen molar-refractivity contribution < 1.29 is 9.53 Å². The van der Waals surface area contributed by atoms with Crippen LogP contribution in [0.1, 0.15) is 32.3 Å². The van der Waals surface area contributed by atoms with E-state index < -0.39 is 0 Å². The van der Waals surface area contributed by atoms with Gasteiger partial charge in [-0.3, -0.25) is 4.79 Å². The average molecular weight is 264 g/mol. The van der Waals surface area contributed by atoms with E-state index in [4.69, 9.17) is 10.5 Å². The molecule has 1 rings (SSSR count). The van der Waals surface area contributed by atoms with Gasteiger partial charge in [0.2, 0.25) is 5.91 Å². The van der Waals surface area contributed by atoms with Crippen LogP contribution < -0.4 is 15.8 Å². The minimum atomic E-state index is 0.0213. The maximum absolute atomic E-state index is 11.2. The van der Waals surface area contributed by atoms with Crippen molar-refractivity contribution in [3.05, 3.63) is 29.8 Å². The van der Waals surface area contributed by atoms with E-state index in [2.05, 4.69) is 12.2 Å². The van der Waals surface area contributed by atoms with Crippen LogP contribution in [-0.4, -0.2) is 25.1 Å². The van der Waals surface area contributed by atoms with E-state index in [1.165, 1.54) is 5.56 Å². The molecule has 106 valence electrons. The van der Waals surface area contributed by atoms with Crippen LogP contribution in [-0.2, 0) is 11.2 Å². The van der Waals surface area contributed by atoms with Crippen LogP contribution in [0, 0.1) is 0 Å². The highest BCUT2D eigenvalue weighted by molar-refractivity contribution is 5.75. The highest BCUT2D eigenvalue weighted by Gasteiger charge is 2.03. The van der Waals surface area contributed by atoms with E-state index in [0.29, 0.717) is 19.6 Å². The first kappa shape index (κ1) is 15.5. The van der Waals surface area contributed by atoms with Crippen molar-refractivity contribution >= 4 is 5.91 Å². The number of hydrogen-bond donors (Lipinski definition) is 2. The van der Waals surface area contributed by atoms with Crippen LogP contribution in [0.15, 0.2) is 24.3 Å². The summed E-state index contributed by atoms with van der Waals surface area (Å²) in [7, 11) is 0. The second kappa shape index (κ2) is 8.53. The minimum absolute atomic E-state index is 0.0213. The second-order valence-corrected chi connectivity index (χ2v) is 4.57. The zero-order chi connectivity index (χ0) is 14.1. The summed E-state index contributed by atoms with van der Waals surface area (Å²) >= 11 is 0. The number of nitrogens with one attached hydrogen (secondary N) is 1. The Hall–Kier alpha value is -1.55. The molecule has 0 aromatic heterocycles. The van der Waals surface area contributed by atoms with Crippen molar-refractivity contribution in [3.8, 4) is 5.75 Å². The zero-order valence-electron chi connectivity index (χ0n) is 11.8. The lowest BCUT2D eigenvalue weighted by Gasteiger charge is -2.10. The highest BCUT2D eigenvalue weighted by atomic mass is 16.5. The molecule has 1 aromatic carbocycles. The molecule has 0 aliphatic heterocycles. The van der Waals surface area contributed by atoms with E-state index in [0.717, 1.165) is 18.6 Å². The topological polar surface area (TPSA) is 64.3 Å². The predicted molar refractivity (Wildman–Crippen MR) is 77.2 cm³/mol. The van der Waals surface area contributed by atoms with Gasteiger partial charge in [-0.1, -0.05) is 19.1 Å². The largest absolute Gasteiger partial charge is 0.493 e. The zero-order valence-corrected chi connectivity index (χ0v) is 11.8. The van der Waals surface area contributed by atoms with Gasteiger partial charge in [0.1, 0.15) is 5.75 Å². The number of ether oxygens (including phenoxy) is 1. The van der Waals surface area contributed by atoms with E-state index >= 15 is 0 Å². The SMILES string of the molecule is CCNC(=O)CCOc1ccc(CC(N)CC)cc1. The summed E-state index contributed by atoms with van der Waals surface area (Å²) in [6, 6.07) is 8.11. The first-order valence-electron chi connectivity index (χ1n) is 6.89. The average Bonchev–Trinajstić information content (AvgIpc) is 2.41. The van der Waals surface area contributed by atoms with Gasteiger partial charge in [0.15, 0.2) is 0 Å². The Morgan fingerprint density at radius 2 is 2.00 bits per heavy atom. The van der Waals surface area contributed by atoms with Crippen LogP contribution in [0.2, 0.25) is 0 Å². The summed E-state index contributed by atoms with van der Waals surface area (Å²) in [6.45, 7) is 5.05. The van der Waals surface area contributed by atoms with E-state index in [-0.39, 0.29) is 11.9 Å². The monoisotopic (exact) mass is 264 g/mol. The molecule has 0 radical (unpaired) electrons. The van der Waals surface area contributed by atoms with Crippen molar-refractivity contribution in [3.63, 3.8) is 0 Å². The Morgan fingerprint density at radius 1 is 1.32 bits per heavy atom. The summed E-state index contributed by atoms with van der Waals surface area (Å²) in [6.07, 6.45) is 2.25. The molecule has 19 heavy (non-hydrogen) atoms. The molecule has 0 aliphatic rings. The fraction of sp³-hybridized carbons (Fsp3) is 0.533. The maximum atomic E-state index is 11.2. The van der Waals surface area contributed by atoms with Gasteiger partial charge in [0, 0.05) is 12.6 Å². The number of rotatable bonds is 8. The molecule has 1 aromatic rings. The Morgan fingerprint density at radius 3 is 2.58 bits per heavy atom. The number of hydrogen-bond acceptors (Lipinski definition) is 3. The van der Waals surface area contributed by atoms with Gasteiger partial charge in [-0.05, 0) is 37.5 Å². The summed E-state index contributed by atoms with van der Waals surface area (Å²) in [5, 5.41) is 2.74. The lowest BCUT2D eigenvalue weighted by molar-refractivity contribution is -0.121. The van der Waals surface area contributed by atoms with Crippen molar-refractivity contribution in [2.45, 2.75) is 39.2 Å². The number of benzene rings is 1. The summed E-state index contributed by atoms with van der Waals surface area (Å²) < 4.78 is 5.52. The Labute approximate surface area is 115 Å². The lowest BCUT2D eigenvalue weighted by Crippen LogP contribution is -2.24. The van der Waals surface area contributed by atoms with Crippen LogP contribution in [0.3, 0.4) is 0 Å². The molecule has 0 spiro atoms. The number of carbonyl (C=O) groups excluding carboxylic acids is 1. The van der Waals surface area contributed by atoms with Gasteiger partial charge in [-0.15, -0.1) is 0 Å². The third-order valence-corrected chi connectivity index (χ3v) is 2.92. The predicted octanol–water partition coefficient (Wildman–Crippen LogP) is 1.87. The fourth-order valence-electron chi connectivity index (χ4n) is 1.72. The molecular formula is C15H24N2O2. The fourth-order valence-corrected chi connectivity index (χ4v) is 1.72. The summed E-state index contributed by atoms with van der Waals surface area (Å²) in [4.78, 5) is 11.2. The van der Waals surface area contributed by atoms with Crippen LogP contribution in [0.5, 0.6) is 5.75 Å². The van der Waals surface area contributed by atoms with E-state index in [9.17, 15) is 4.79 Å². The molecule has 1 atom stereocenters. The molecule has 0 saturated heterocycles. The Kier molecular flexibility index (Phi) is 6.97. The standard InChI is InChI=1S/C15H24N2O2/c1-3-13(16)11-12-5-7-14(8-6-12)19-10-9-15(18)17-4-2/h5-8,13H,3-4,9-11,16H2,1-2H3,(H,17,18). The molecule has 0 saturated carbocycles. The molecule has 4 heteroatoms. The Bertz CT molecular complexity index is 376. The van der Waals surface area contributed by atoms with Crippen LogP contribution >= 0.6 is 0 Å². The minimum Gasteiger partial charge on any atom is -0.493 e. The summed E-state index contributed by atoms with van der Waals surface area (Å²) in [5.74, 6) is 0.811. The first-order chi connectivity index (χ1) is 9.15. The molecule has 0 bridgehead atoms.